The summed E-state index contributed by atoms with van der Waals surface area (Å²) in [4.78, 5) is 0. The molecule has 1 rings (SSSR count). The molecule has 0 spiro atoms. The van der Waals surface area contributed by atoms with Crippen LogP contribution in [-0.2, 0) is 10.0 Å². The lowest BCUT2D eigenvalue weighted by Gasteiger charge is -2.23. The molecule has 0 bridgehead atoms. The van der Waals surface area contributed by atoms with E-state index in [2.05, 4.69) is 5.32 Å². The normalized spacial score (nSPS) is 22.6. The van der Waals surface area contributed by atoms with Crippen molar-refractivity contribution in [2.24, 2.45) is 0 Å². The van der Waals surface area contributed by atoms with Crippen LogP contribution in [0.3, 0.4) is 0 Å². The number of nitrogens with one attached hydrogen (secondary N) is 1. The average Bonchev–Trinajstić information content (AvgIpc) is 2.64. The monoisotopic (exact) mass is 288 g/mol. The maximum absolute atomic E-state index is 12.0. The Morgan fingerprint density at radius 1 is 1.39 bits per heavy atom. The molecular weight excluding hydrogens is 269 g/mol. The Morgan fingerprint density at radius 3 is 2.61 bits per heavy atom. The van der Waals surface area contributed by atoms with Crippen molar-refractivity contribution in [3.63, 3.8) is 0 Å². The fraction of sp³-hybridized carbons (Fsp3) is 1.00. The third-order valence-electron chi connectivity index (χ3n) is 2.98. The van der Waals surface area contributed by atoms with Gasteiger partial charge in [0.1, 0.15) is 0 Å². The minimum atomic E-state index is -4.29. The molecule has 1 N–H and O–H groups in total. The van der Waals surface area contributed by atoms with Crippen molar-refractivity contribution in [3.05, 3.63) is 0 Å². The summed E-state index contributed by atoms with van der Waals surface area (Å²) in [7, 11) is -1.83. The molecule has 1 fully saturated rings. The van der Waals surface area contributed by atoms with Gasteiger partial charge in [0.15, 0.2) is 0 Å². The maximum atomic E-state index is 12.0. The van der Waals surface area contributed by atoms with E-state index in [1.807, 2.05) is 0 Å². The number of alkyl halides is 3. The van der Waals surface area contributed by atoms with Gasteiger partial charge in [-0.2, -0.15) is 17.5 Å². The second-order valence-electron chi connectivity index (χ2n) is 4.50. The number of rotatable bonds is 6. The van der Waals surface area contributed by atoms with Gasteiger partial charge in [-0.05, 0) is 26.3 Å². The topological polar surface area (TPSA) is 49.4 Å². The molecule has 1 aliphatic rings. The molecular formula is C10H19F3N2O2S. The molecule has 0 saturated carbocycles. The lowest BCUT2D eigenvalue weighted by atomic mass is 10.2. The van der Waals surface area contributed by atoms with E-state index in [0.29, 0.717) is 13.1 Å². The van der Waals surface area contributed by atoms with E-state index in [0.717, 1.165) is 12.8 Å². The SMILES string of the molecule is CNCC1CCCN1S(=O)(=O)CCCC(F)(F)F. The second kappa shape index (κ2) is 6.21. The summed E-state index contributed by atoms with van der Waals surface area (Å²) in [6, 6.07) is -0.120. The molecule has 0 aliphatic carbocycles. The highest BCUT2D eigenvalue weighted by Gasteiger charge is 2.34. The van der Waals surface area contributed by atoms with Gasteiger partial charge in [0.05, 0.1) is 5.75 Å². The highest BCUT2D eigenvalue weighted by Crippen LogP contribution is 2.24. The van der Waals surface area contributed by atoms with Gasteiger partial charge in [-0.1, -0.05) is 0 Å². The van der Waals surface area contributed by atoms with Crippen LogP contribution in [0.1, 0.15) is 25.7 Å². The Bertz CT molecular complexity index is 357. The van der Waals surface area contributed by atoms with E-state index in [1.165, 1.54) is 4.31 Å². The number of hydrogen-bond acceptors (Lipinski definition) is 3. The fourth-order valence-electron chi connectivity index (χ4n) is 2.19. The number of sulfonamides is 1. The van der Waals surface area contributed by atoms with Crippen LogP contribution in [0.15, 0.2) is 0 Å². The Kier molecular flexibility index (Phi) is 5.42. The van der Waals surface area contributed by atoms with Crippen molar-refractivity contribution < 1.29 is 21.6 Å². The average molecular weight is 288 g/mol. The van der Waals surface area contributed by atoms with Crippen LogP contribution in [0.2, 0.25) is 0 Å². The van der Waals surface area contributed by atoms with Gasteiger partial charge in [0.2, 0.25) is 10.0 Å². The first-order valence-corrected chi connectivity index (χ1v) is 7.58. The van der Waals surface area contributed by atoms with E-state index in [-0.39, 0.29) is 12.5 Å². The van der Waals surface area contributed by atoms with Crippen LogP contribution in [-0.4, -0.2) is 50.8 Å². The predicted octanol–water partition coefficient (Wildman–Crippen LogP) is 1.34. The summed E-state index contributed by atoms with van der Waals surface area (Å²) in [5.41, 5.74) is 0. The van der Waals surface area contributed by atoms with E-state index in [9.17, 15) is 21.6 Å². The van der Waals surface area contributed by atoms with Gasteiger partial charge < -0.3 is 5.32 Å². The van der Waals surface area contributed by atoms with Crippen LogP contribution in [0.4, 0.5) is 13.2 Å². The molecule has 0 aromatic rings. The smallest absolute Gasteiger partial charge is 0.318 e. The highest BCUT2D eigenvalue weighted by molar-refractivity contribution is 7.89. The number of likely N-dealkylation sites (N-methyl/N-ethyl adjacent to an activating group) is 1. The van der Waals surface area contributed by atoms with Crippen LogP contribution in [0.25, 0.3) is 0 Å². The summed E-state index contributed by atoms with van der Waals surface area (Å²) < 4.78 is 61.2. The quantitative estimate of drug-likeness (QED) is 0.802. The molecule has 18 heavy (non-hydrogen) atoms. The Morgan fingerprint density at radius 2 is 2.06 bits per heavy atom. The number of nitrogens with zero attached hydrogens (tertiary/aromatic N) is 1. The van der Waals surface area contributed by atoms with E-state index in [1.54, 1.807) is 7.05 Å². The third kappa shape index (κ3) is 4.74. The molecule has 1 aliphatic heterocycles. The minimum Gasteiger partial charge on any atom is -0.318 e. The van der Waals surface area contributed by atoms with Gasteiger partial charge in [-0.25, -0.2) is 8.42 Å². The van der Waals surface area contributed by atoms with Crippen molar-refractivity contribution in [1.82, 2.24) is 9.62 Å². The van der Waals surface area contributed by atoms with Crippen molar-refractivity contribution >= 4 is 10.0 Å². The van der Waals surface area contributed by atoms with Crippen LogP contribution in [0.5, 0.6) is 0 Å². The Labute approximate surface area is 106 Å². The van der Waals surface area contributed by atoms with E-state index >= 15 is 0 Å². The molecule has 1 saturated heterocycles. The standard InChI is InChI=1S/C10H19F3N2O2S/c1-14-8-9-4-2-6-15(9)18(16,17)7-3-5-10(11,12)13/h9,14H,2-8H2,1H3. The highest BCUT2D eigenvalue weighted by atomic mass is 32.2. The predicted molar refractivity (Wildman–Crippen MR) is 62.7 cm³/mol. The summed E-state index contributed by atoms with van der Waals surface area (Å²) in [5, 5.41) is 2.91. The molecule has 0 aromatic heterocycles. The molecule has 0 amide bonds. The van der Waals surface area contributed by atoms with E-state index < -0.39 is 28.4 Å². The zero-order valence-corrected chi connectivity index (χ0v) is 11.1. The first kappa shape index (κ1) is 15.7. The first-order valence-electron chi connectivity index (χ1n) is 5.97. The summed E-state index contributed by atoms with van der Waals surface area (Å²) in [5.74, 6) is -0.424. The van der Waals surface area contributed by atoms with Gasteiger partial charge in [-0.3, -0.25) is 0 Å². The first-order chi connectivity index (χ1) is 8.26. The van der Waals surface area contributed by atoms with E-state index in [4.69, 9.17) is 0 Å². The Hall–Kier alpha value is -0.340. The number of hydrogen-bond donors (Lipinski definition) is 1. The molecule has 4 nitrogen and oxygen atoms in total. The second-order valence-corrected chi connectivity index (χ2v) is 6.54. The molecule has 1 heterocycles. The lowest BCUT2D eigenvalue weighted by Crippen LogP contribution is -2.42. The Balaban J connectivity index is 2.52. The van der Waals surface area contributed by atoms with Crippen LogP contribution < -0.4 is 5.32 Å². The zero-order valence-electron chi connectivity index (χ0n) is 10.3. The summed E-state index contributed by atoms with van der Waals surface area (Å²) in [6.07, 6.45) is -4.17. The van der Waals surface area contributed by atoms with Gasteiger partial charge in [0, 0.05) is 25.6 Å². The molecule has 8 heteroatoms. The van der Waals surface area contributed by atoms with Crippen LogP contribution in [0, 0.1) is 0 Å². The summed E-state index contributed by atoms with van der Waals surface area (Å²) >= 11 is 0. The molecule has 0 radical (unpaired) electrons. The van der Waals surface area contributed by atoms with Crippen molar-refractivity contribution in [1.29, 1.82) is 0 Å². The van der Waals surface area contributed by atoms with Gasteiger partial charge in [0.25, 0.3) is 0 Å². The van der Waals surface area contributed by atoms with Crippen molar-refractivity contribution in [3.8, 4) is 0 Å². The van der Waals surface area contributed by atoms with Crippen molar-refractivity contribution in [2.45, 2.75) is 37.9 Å². The molecule has 1 unspecified atom stereocenters. The lowest BCUT2D eigenvalue weighted by molar-refractivity contribution is -0.134. The van der Waals surface area contributed by atoms with Gasteiger partial charge in [-0.15, -0.1) is 0 Å². The van der Waals surface area contributed by atoms with Gasteiger partial charge >= 0.3 is 6.18 Å². The fourth-order valence-corrected chi connectivity index (χ4v) is 3.97. The molecule has 1 atom stereocenters. The minimum absolute atomic E-state index is 0.120. The zero-order chi connectivity index (χ0) is 13.8. The molecule has 0 aromatic carbocycles. The summed E-state index contributed by atoms with van der Waals surface area (Å²) in [6.45, 7) is 0.958. The maximum Gasteiger partial charge on any atom is 0.389 e. The largest absolute Gasteiger partial charge is 0.389 e. The third-order valence-corrected chi connectivity index (χ3v) is 4.98. The number of halogens is 3. The van der Waals surface area contributed by atoms with Crippen LogP contribution >= 0.6 is 0 Å². The molecule has 108 valence electrons. The van der Waals surface area contributed by atoms with Crippen molar-refractivity contribution in [2.75, 3.05) is 25.9 Å².